The molecule has 0 saturated carbocycles. The van der Waals surface area contributed by atoms with Crippen molar-refractivity contribution < 1.29 is 17.6 Å². The Morgan fingerprint density at radius 1 is 0.949 bits per heavy atom. The van der Waals surface area contributed by atoms with Crippen LogP contribution in [0, 0.1) is 5.82 Å². The Kier molecular flexibility index (Phi) is 7.02. The van der Waals surface area contributed by atoms with Gasteiger partial charge in [-0.05, 0) is 68.7 Å². The molecular weight excluding hydrogens is 519 g/mol. The zero-order chi connectivity index (χ0) is 27.7. The second-order valence-electron chi connectivity index (χ2n) is 9.46. The number of nitrogens with one attached hydrogen (secondary N) is 2. The summed E-state index contributed by atoms with van der Waals surface area (Å²) in [6.45, 7) is 0.864. The van der Waals surface area contributed by atoms with Crippen molar-refractivity contribution in [2.75, 3.05) is 48.4 Å². The van der Waals surface area contributed by atoms with Crippen LogP contribution in [-0.4, -0.2) is 62.6 Å². The van der Waals surface area contributed by atoms with Gasteiger partial charge in [-0.15, -0.1) is 0 Å². The van der Waals surface area contributed by atoms with Gasteiger partial charge in [-0.2, -0.15) is 0 Å². The molecule has 0 spiro atoms. The van der Waals surface area contributed by atoms with E-state index in [0.29, 0.717) is 63.6 Å². The summed E-state index contributed by atoms with van der Waals surface area (Å²) >= 11 is 0. The molecule has 3 aromatic carbocycles. The van der Waals surface area contributed by atoms with Crippen LogP contribution in [0.25, 0.3) is 22.3 Å². The van der Waals surface area contributed by atoms with Crippen molar-refractivity contribution in [2.24, 2.45) is 0 Å². The number of likely N-dealkylation sites (N-methyl/N-ethyl adjacent to an activating group) is 1. The van der Waals surface area contributed by atoms with E-state index < -0.39 is 15.8 Å². The lowest BCUT2D eigenvalue weighted by atomic mass is 9.99. The minimum atomic E-state index is -3.49. The van der Waals surface area contributed by atoms with Gasteiger partial charge in [0.25, 0.3) is 5.91 Å². The second-order valence-corrected chi connectivity index (χ2v) is 11.4. The Morgan fingerprint density at radius 2 is 1.67 bits per heavy atom. The fourth-order valence-electron chi connectivity index (χ4n) is 4.42. The Bertz CT molecular complexity index is 1700. The first-order chi connectivity index (χ1) is 18.6. The van der Waals surface area contributed by atoms with Crippen LogP contribution in [0.15, 0.2) is 73.1 Å². The highest BCUT2D eigenvalue weighted by molar-refractivity contribution is 7.92. The van der Waals surface area contributed by atoms with Crippen LogP contribution in [0.4, 0.5) is 21.5 Å². The van der Waals surface area contributed by atoms with Crippen LogP contribution in [0.5, 0.6) is 0 Å². The second kappa shape index (κ2) is 10.4. The Morgan fingerprint density at radius 3 is 2.36 bits per heavy atom. The molecule has 2 heterocycles. The van der Waals surface area contributed by atoms with Crippen molar-refractivity contribution in [3.63, 3.8) is 0 Å². The summed E-state index contributed by atoms with van der Waals surface area (Å²) in [5.74, 6) is -0.827. The molecule has 1 amide bonds. The molecule has 0 atom stereocenters. The summed E-state index contributed by atoms with van der Waals surface area (Å²) in [5.41, 5.74) is 4.97. The maximum Gasteiger partial charge on any atom is 0.258 e. The number of hydrogen-bond acceptors (Lipinski definition) is 7. The Balaban J connectivity index is 1.58. The fraction of sp³-hybridized carbons (Fsp3) is 0.179. The minimum Gasteiger partial charge on any atom is -0.354 e. The average molecular weight is 547 g/mol. The number of rotatable bonds is 8. The van der Waals surface area contributed by atoms with E-state index in [9.17, 15) is 17.6 Å². The molecule has 5 rings (SSSR count). The zero-order valence-electron chi connectivity index (χ0n) is 21.6. The lowest BCUT2D eigenvalue weighted by Crippen LogP contribution is -2.35. The van der Waals surface area contributed by atoms with Gasteiger partial charge < -0.3 is 15.5 Å². The smallest absolute Gasteiger partial charge is 0.258 e. The van der Waals surface area contributed by atoms with E-state index >= 15 is 0 Å². The number of aromatic nitrogens is 2. The first-order valence-corrected chi connectivity index (χ1v) is 14.0. The molecule has 0 radical (unpaired) electrons. The highest BCUT2D eigenvalue weighted by atomic mass is 32.2. The molecule has 39 heavy (non-hydrogen) atoms. The number of hydrogen-bond donors (Lipinski definition) is 2. The molecule has 0 saturated heterocycles. The molecular formula is C28H27FN6O3S. The molecule has 0 aliphatic carbocycles. The third kappa shape index (κ3) is 5.59. The molecule has 0 unspecified atom stereocenters. The monoisotopic (exact) mass is 546 g/mol. The van der Waals surface area contributed by atoms with E-state index in [1.54, 1.807) is 42.7 Å². The molecule has 1 aliphatic rings. The maximum atomic E-state index is 13.9. The van der Waals surface area contributed by atoms with Gasteiger partial charge in [0, 0.05) is 42.3 Å². The molecule has 1 aliphatic heterocycles. The molecule has 0 fully saturated rings. The van der Waals surface area contributed by atoms with Crippen LogP contribution >= 0.6 is 0 Å². The summed E-state index contributed by atoms with van der Waals surface area (Å²) in [4.78, 5) is 23.8. The molecule has 200 valence electrons. The van der Waals surface area contributed by atoms with E-state index in [1.807, 2.05) is 37.2 Å². The van der Waals surface area contributed by atoms with Gasteiger partial charge in [0.05, 0.1) is 39.9 Å². The average Bonchev–Trinajstić information content (AvgIpc) is 3.21. The van der Waals surface area contributed by atoms with Crippen LogP contribution in [-0.2, 0) is 14.8 Å². The van der Waals surface area contributed by atoms with Crippen molar-refractivity contribution >= 4 is 55.3 Å². The number of carbonyl (C=O) groups is 1. The zero-order valence-corrected chi connectivity index (χ0v) is 22.5. The standard InChI is InChI=1S/C28H27FN6O3S/c1-34(2)14-15-35(39(3,37)38)21-8-6-20(7-9-21)32-27(18-4-11-23-25(16-18)31-13-12-30-23)26-22-10-5-19(29)17-24(22)33-28(26)36/h4-13,16-17,32H,14-15H2,1-3H3,(H,33,36). The van der Waals surface area contributed by atoms with E-state index in [1.165, 1.54) is 22.7 Å². The maximum absolute atomic E-state index is 13.9. The summed E-state index contributed by atoms with van der Waals surface area (Å²) in [6, 6.07) is 16.6. The van der Waals surface area contributed by atoms with Gasteiger partial charge in [-0.1, -0.05) is 6.07 Å². The van der Waals surface area contributed by atoms with Crippen LogP contribution in [0.1, 0.15) is 11.1 Å². The first kappa shape index (κ1) is 26.3. The normalized spacial score (nSPS) is 14.3. The van der Waals surface area contributed by atoms with Crippen molar-refractivity contribution in [1.82, 2.24) is 14.9 Å². The van der Waals surface area contributed by atoms with Crippen molar-refractivity contribution in [3.05, 3.63) is 90.0 Å². The van der Waals surface area contributed by atoms with E-state index in [-0.39, 0.29) is 5.91 Å². The number of nitrogens with zero attached hydrogens (tertiary/aromatic N) is 4. The van der Waals surface area contributed by atoms with Crippen molar-refractivity contribution in [1.29, 1.82) is 0 Å². The van der Waals surface area contributed by atoms with Gasteiger partial charge in [-0.25, -0.2) is 12.8 Å². The predicted molar refractivity (Wildman–Crippen MR) is 152 cm³/mol. The Hall–Kier alpha value is -4.35. The Labute approximate surface area is 226 Å². The first-order valence-electron chi connectivity index (χ1n) is 12.2. The highest BCUT2D eigenvalue weighted by Crippen LogP contribution is 2.38. The number of anilines is 3. The van der Waals surface area contributed by atoms with Crippen molar-refractivity contribution in [2.45, 2.75) is 0 Å². The SMILES string of the molecule is CN(C)CCN(c1ccc(NC(=C2C(=O)Nc3cc(F)ccc32)c2ccc3nccnc3c2)cc1)S(C)(=O)=O. The van der Waals surface area contributed by atoms with E-state index in [4.69, 9.17) is 0 Å². The van der Waals surface area contributed by atoms with Gasteiger partial charge in [0.15, 0.2) is 0 Å². The van der Waals surface area contributed by atoms with Gasteiger partial charge in [0.1, 0.15) is 5.82 Å². The number of sulfonamides is 1. The predicted octanol–water partition coefficient (Wildman–Crippen LogP) is 4.03. The van der Waals surface area contributed by atoms with Crippen LogP contribution in [0.3, 0.4) is 0 Å². The summed E-state index contributed by atoms with van der Waals surface area (Å²) in [6.07, 6.45) is 4.38. The number of carbonyl (C=O) groups excluding carboxylic acids is 1. The number of fused-ring (bicyclic) bond motifs is 2. The van der Waals surface area contributed by atoms with Crippen molar-refractivity contribution in [3.8, 4) is 0 Å². The molecule has 2 N–H and O–H groups in total. The van der Waals surface area contributed by atoms with Gasteiger partial charge in [-0.3, -0.25) is 19.1 Å². The molecule has 4 aromatic rings. The highest BCUT2D eigenvalue weighted by Gasteiger charge is 2.29. The quantitative estimate of drug-likeness (QED) is 0.321. The summed E-state index contributed by atoms with van der Waals surface area (Å²) in [5, 5.41) is 6.09. The lowest BCUT2D eigenvalue weighted by molar-refractivity contribution is -0.110. The largest absolute Gasteiger partial charge is 0.354 e. The minimum absolute atomic E-state index is 0.305. The van der Waals surface area contributed by atoms with E-state index in [0.717, 1.165) is 0 Å². The number of amides is 1. The summed E-state index contributed by atoms with van der Waals surface area (Å²) < 4.78 is 40.2. The fourth-order valence-corrected chi connectivity index (χ4v) is 5.34. The number of halogens is 1. The summed E-state index contributed by atoms with van der Waals surface area (Å²) in [7, 11) is 0.273. The topological polar surface area (TPSA) is 108 Å². The lowest BCUT2D eigenvalue weighted by Gasteiger charge is -2.24. The molecule has 11 heteroatoms. The van der Waals surface area contributed by atoms with Gasteiger partial charge in [0.2, 0.25) is 10.0 Å². The molecule has 0 bridgehead atoms. The third-order valence-corrected chi connectivity index (χ3v) is 7.50. The molecule has 1 aromatic heterocycles. The van der Waals surface area contributed by atoms with Crippen LogP contribution in [0.2, 0.25) is 0 Å². The number of benzene rings is 3. The van der Waals surface area contributed by atoms with E-state index in [2.05, 4.69) is 20.6 Å². The van der Waals surface area contributed by atoms with Gasteiger partial charge >= 0.3 is 0 Å². The molecule has 9 nitrogen and oxygen atoms in total. The van der Waals surface area contributed by atoms with Crippen LogP contribution < -0.4 is 14.9 Å². The third-order valence-electron chi connectivity index (χ3n) is 6.31.